The van der Waals surface area contributed by atoms with Gasteiger partial charge in [0.05, 0.1) is 23.8 Å². The standard InChI is InChI=1S/C16H18N2O3/c19-15(18-7-11-9-21-16(20)13(11)8-18)12-5-1-3-10-4-2-6-17-14(10)12/h1,3,5,11,13,17H,2,4,6-9H2/t11-,13-/m1/s1. The lowest BCUT2D eigenvalue weighted by atomic mass is 9.99. The van der Waals surface area contributed by atoms with Crippen molar-refractivity contribution in [2.75, 3.05) is 31.6 Å². The topological polar surface area (TPSA) is 58.6 Å². The lowest BCUT2D eigenvalue weighted by molar-refractivity contribution is -0.141. The number of anilines is 1. The van der Waals surface area contributed by atoms with Gasteiger partial charge >= 0.3 is 5.97 Å². The molecule has 0 spiro atoms. The molecule has 3 heterocycles. The number of hydrogen-bond donors (Lipinski definition) is 1. The first-order valence-corrected chi connectivity index (χ1v) is 7.55. The van der Waals surface area contributed by atoms with Crippen LogP contribution in [0.3, 0.4) is 0 Å². The Kier molecular flexibility index (Phi) is 2.87. The number of rotatable bonds is 1. The zero-order valence-corrected chi connectivity index (χ0v) is 11.8. The summed E-state index contributed by atoms with van der Waals surface area (Å²) >= 11 is 0. The molecule has 0 bridgehead atoms. The smallest absolute Gasteiger partial charge is 0.311 e. The lowest BCUT2D eigenvalue weighted by Gasteiger charge is -2.24. The Morgan fingerprint density at radius 2 is 2.24 bits per heavy atom. The molecule has 2 atom stereocenters. The summed E-state index contributed by atoms with van der Waals surface area (Å²) in [5.74, 6) is -0.0673. The highest BCUT2D eigenvalue weighted by Gasteiger charge is 2.45. The summed E-state index contributed by atoms with van der Waals surface area (Å²) in [5.41, 5.74) is 2.93. The van der Waals surface area contributed by atoms with Crippen molar-refractivity contribution < 1.29 is 14.3 Å². The molecule has 110 valence electrons. The Labute approximate surface area is 123 Å². The number of cyclic esters (lactones) is 1. The van der Waals surface area contributed by atoms with Crippen molar-refractivity contribution in [3.63, 3.8) is 0 Å². The molecule has 5 nitrogen and oxygen atoms in total. The minimum Gasteiger partial charge on any atom is -0.465 e. The molecule has 21 heavy (non-hydrogen) atoms. The number of nitrogens with one attached hydrogen (secondary N) is 1. The van der Waals surface area contributed by atoms with Crippen LogP contribution in [0, 0.1) is 11.8 Å². The van der Waals surface area contributed by atoms with Crippen LogP contribution in [-0.2, 0) is 16.0 Å². The zero-order valence-electron chi connectivity index (χ0n) is 11.8. The fraction of sp³-hybridized carbons (Fsp3) is 0.500. The van der Waals surface area contributed by atoms with Gasteiger partial charge in [-0.05, 0) is 24.5 Å². The molecule has 3 aliphatic rings. The molecule has 0 aliphatic carbocycles. The molecule has 1 aromatic carbocycles. The van der Waals surface area contributed by atoms with Crippen molar-refractivity contribution >= 4 is 17.6 Å². The average Bonchev–Trinajstić information content (AvgIpc) is 3.08. The van der Waals surface area contributed by atoms with E-state index in [4.69, 9.17) is 4.74 Å². The third-order valence-electron chi connectivity index (χ3n) is 4.78. The van der Waals surface area contributed by atoms with Gasteiger partial charge in [-0.1, -0.05) is 12.1 Å². The number of aryl methyl sites for hydroxylation is 1. The van der Waals surface area contributed by atoms with E-state index < -0.39 is 0 Å². The molecule has 2 saturated heterocycles. The van der Waals surface area contributed by atoms with Crippen LogP contribution in [0.2, 0.25) is 0 Å². The maximum Gasteiger partial charge on any atom is 0.311 e. The maximum absolute atomic E-state index is 12.8. The Morgan fingerprint density at radius 3 is 3.10 bits per heavy atom. The molecule has 0 radical (unpaired) electrons. The van der Waals surface area contributed by atoms with Gasteiger partial charge in [0.2, 0.25) is 0 Å². The number of carbonyl (C=O) groups excluding carboxylic acids is 2. The average molecular weight is 286 g/mol. The molecular weight excluding hydrogens is 268 g/mol. The Morgan fingerprint density at radius 1 is 1.33 bits per heavy atom. The lowest BCUT2D eigenvalue weighted by Crippen LogP contribution is -2.32. The fourth-order valence-electron chi connectivity index (χ4n) is 3.63. The van der Waals surface area contributed by atoms with E-state index >= 15 is 0 Å². The van der Waals surface area contributed by atoms with Gasteiger partial charge in [0.1, 0.15) is 0 Å². The predicted octanol–water partition coefficient (Wildman–Crippen LogP) is 1.29. The minimum absolute atomic E-state index is 0.0310. The van der Waals surface area contributed by atoms with Crippen molar-refractivity contribution in [1.82, 2.24) is 4.90 Å². The molecule has 5 heteroatoms. The highest BCUT2D eigenvalue weighted by molar-refractivity contribution is 6.01. The number of carbonyl (C=O) groups is 2. The molecule has 0 aromatic heterocycles. The summed E-state index contributed by atoms with van der Waals surface area (Å²) in [6.07, 6.45) is 2.12. The van der Waals surface area contributed by atoms with E-state index in [1.807, 2.05) is 17.0 Å². The molecule has 0 unspecified atom stereocenters. The van der Waals surface area contributed by atoms with Crippen LogP contribution in [0.4, 0.5) is 5.69 Å². The van der Waals surface area contributed by atoms with Gasteiger partial charge in [-0.2, -0.15) is 0 Å². The summed E-state index contributed by atoms with van der Waals surface area (Å²) in [5, 5.41) is 3.36. The predicted molar refractivity (Wildman–Crippen MR) is 77.1 cm³/mol. The van der Waals surface area contributed by atoms with E-state index in [1.165, 1.54) is 5.56 Å². The molecule has 1 amide bonds. The first kappa shape index (κ1) is 12.7. The van der Waals surface area contributed by atoms with Gasteiger partial charge < -0.3 is 15.0 Å². The van der Waals surface area contributed by atoms with E-state index in [0.717, 1.165) is 30.6 Å². The quantitative estimate of drug-likeness (QED) is 0.790. The molecule has 1 N–H and O–H groups in total. The zero-order chi connectivity index (χ0) is 14.4. The van der Waals surface area contributed by atoms with Crippen LogP contribution in [0.25, 0.3) is 0 Å². The van der Waals surface area contributed by atoms with E-state index in [2.05, 4.69) is 11.4 Å². The Hall–Kier alpha value is -2.04. The number of ether oxygens (including phenoxy) is 1. The fourth-order valence-corrected chi connectivity index (χ4v) is 3.63. The second kappa shape index (κ2) is 4.76. The highest BCUT2D eigenvalue weighted by Crippen LogP contribution is 2.33. The minimum atomic E-state index is -0.150. The molecular formula is C16H18N2O3. The molecule has 1 aromatic rings. The molecule has 3 aliphatic heterocycles. The second-order valence-corrected chi connectivity index (χ2v) is 6.08. The Balaban J connectivity index is 1.60. The SMILES string of the molecule is O=C1OC[C@H]2CN(C(=O)c3cccc4c3NCCC4)C[C@@H]12. The van der Waals surface area contributed by atoms with Crippen LogP contribution < -0.4 is 5.32 Å². The van der Waals surface area contributed by atoms with Gasteiger partial charge in [0, 0.05) is 25.6 Å². The summed E-state index contributed by atoms with van der Waals surface area (Å²) in [4.78, 5) is 26.2. The monoisotopic (exact) mass is 286 g/mol. The highest BCUT2D eigenvalue weighted by atomic mass is 16.5. The van der Waals surface area contributed by atoms with Crippen molar-refractivity contribution in [3.8, 4) is 0 Å². The summed E-state index contributed by atoms with van der Waals surface area (Å²) in [7, 11) is 0. The van der Waals surface area contributed by atoms with Crippen LogP contribution in [0.15, 0.2) is 18.2 Å². The number of likely N-dealkylation sites (tertiary alicyclic amines) is 1. The molecule has 4 rings (SSSR count). The second-order valence-electron chi connectivity index (χ2n) is 6.08. The van der Waals surface area contributed by atoms with Crippen LogP contribution >= 0.6 is 0 Å². The number of amides is 1. The summed E-state index contributed by atoms with van der Waals surface area (Å²) in [6.45, 7) is 2.48. The van der Waals surface area contributed by atoms with E-state index in [9.17, 15) is 9.59 Å². The largest absolute Gasteiger partial charge is 0.465 e. The van der Waals surface area contributed by atoms with E-state index in [-0.39, 0.29) is 23.7 Å². The first-order chi connectivity index (χ1) is 10.2. The normalized spacial score (nSPS) is 26.9. The van der Waals surface area contributed by atoms with Gasteiger partial charge in [-0.15, -0.1) is 0 Å². The van der Waals surface area contributed by atoms with Crippen molar-refractivity contribution in [2.45, 2.75) is 12.8 Å². The Bertz CT molecular complexity index is 614. The summed E-state index contributed by atoms with van der Waals surface area (Å²) in [6, 6.07) is 5.91. The number of benzene rings is 1. The van der Waals surface area contributed by atoms with Crippen LogP contribution in [0.5, 0.6) is 0 Å². The molecule has 2 fully saturated rings. The number of nitrogens with zero attached hydrogens (tertiary/aromatic N) is 1. The van der Waals surface area contributed by atoms with Crippen molar-refractivity contribution in [2.24, 2.45) is 11.8 Å². The number of para-hydroxylation sites is 1. The van der Waals surface area contributed by atoms with Crippen LogP contribution in [0.1, 0.15) is 22.3 Å². The van der Waals surface area contributed by atoms with Crippen LogP contribution in [-0.4, -0.2) is 43.0 Å². The van der Waals surface area contributed by atoms with Gasteiger partial charge in [0.15, 0.2) is 0 Å². The number of esters is 1. The maximum atomic E-state index is 12.8. The van der Waals surface area contributed by atoms with E-state index in [1.54, 1.807) is 0 Å². The number of hydrogen-bond acceptors (Lipinski definition) is 4. The van der Waals surface area contributed by atoms with Crippen molar-refractivity contribution in [3.05, 3.63) is 29.3 Å². The first-order valence-electron chi connectivity index (χ1n) is 7.55. The van der Waals surface area contributed by atoms with E-state index in [0.29, 0.717) is 19.7 Å². The van der Waals surface area contributed by atoms with Crippen molar-refractivity contribution in [1.29, 1.82) is 0 Å². The molecule has 0 saturated carbocycles. The van der Waals surface area contributed by atoms with Gasteiger partial charge in [0.25, 0.3) is 5.91 Å². The summed E-state index contributed by atoms with van der Waals surface area (Å²) < 4.78 is 5.05. The number of fused-ring (bicyclic) bond motifs is 2. The van der Waals surface area contributed by atoms with Gasteiger partial charge in [-0.3, -0.25) is 9.59 Å². The third kappa shape index (κ3) is 1.99. The third-order valence-corrected chi connectivity index (χ3v) is 4.78. The van der Waals surface area contributed by atoms with Gasteiger partial charge in [-0.25, -0.2) is 0 Å².